The Morgan fingerprint density at radius 1 is 1.20 bits per heavy atom. The second-order valence-electron chi connectivity index (χ2n) is 14.5. The van der Waals surface area contributed by atoms with Gasteiger partial charge in [-0.05, 0) is 45.0 Å². The monoisotopic (exact) mass is 684 g/mol. The summed E-state index contributed by atoms with van der Waals surface area (Å²) in [6.07, 6.45) is 2.83. The van der Waals surface area contributed by atoms with Gasteiger partial charge in [0.15, 0.2) is 6.10 Å². The van der Waals surface area contributed by atoms with Crippen LogP contribution in [-0.4, -0.2) is 134 Å². The molecule has 1 saturated carbocycles. The van der Waals surface area contributed by atoms with Gasteiger partial charge < -0.3 is 44.0 Å². The molecular weight excluding hydrogens is 632 g/mol. The fourth-order valence-corrected chi connectivity index (χ4v) is 8.79. The SMILES string of the molecule is CO[C@H]1CC2C=C[C@H]3[C@H]4O[C@]2(/C(C)=C/[C@@H](C)[C@@H]([C@@H](C)OC(=O)NCCN2CCN(C)CC2)OC1=O)[C@@H]3[C@H](O)[C@@H](C)[C@H]4OC(=O)c1ccc[nH]1. The molecule has 4 heterocycles. The summed E-state index contributed by atoms with van der Waals surface area (Å²) in [7, 11) is 3.57. The van der Waals surface area contributed by atoms with E-state index in [9.17, 15) is 19.5 Å². The number of amides is 1. The van der Waals surface area contributed by atoms with E-state index in [1.165, 1.54) is 7.11 Å². The van der Waals surface area contributed by atoms with Crippen LogP contribution in [0, 0.1) is 29.6 Å². The van der Waals surface area contributed by atoms with E-state index >= 15 is 0 Å². The van der Waals surface area contributed by atoms with Crippen molar-refractivity contribution in [2.45, 2.75) is 76.3 Å². The molecule has 3 N–H and O–H groups in total. The van der Waals surface area contributed by atoms with Gasteiger partial charge in [-0.25, -0.2) is 14.4 Å². The highest BCUT2D eigenvalue weighted by Crippen LogP contribution is 2.61. The van der Waals surface area contributed by atoms with Gasteiger partial charge in [0.25, 0.3) is 0 Å². The van der Waals surface area contributed by atoms with Crippen LogP contribution in [0.5, 0.6) is 0 Å². The molecule has 270 valence electrons. The van der Waals surface area contributed by atoms with Crippen molar-refractivity contribution < 1.29 is 43.2 Å². The smallest absolute Gasteiger partial charge is 0.407 e. The number of nitrogens with zero attached hydrogens (tertiary/aromatic N) is 2. The molecule has 0 aromatic carbocycles. The number of nitrogens with one attached hydrogen (secondary N) is 2. The third kappa shape index (κ3) is 6.80. The number of methoxy groups -OCH3 is 1. The van der Waals surface area contributed by atoms with Crippen LogP contribution in [0.25, 0.3) is 0 Å². The minimum atomic E-state index is -0.997. The molecular formula is C36H52N4O9. The van der Waals surface area contributed by atoms with Gasteiger partial charge in [-0.2, -0.15) is 0 Å². The molecule has 6 rings (SSSR count). The third-order valence-electron chi connectivity index (χ3n) is 11.5. The Morgan fingerprint density at radius 3 is 2.65 bits per heavy atom. The van der Waals surface area contributed by atoms with Crippen molar-refractivity contribution in [1.29, 1.82) is 0 Å². The lowest BCUT2D eigenvalue weighted by Gasteiger charge is -2.48. The van der Waals surface area contributed by atoms with Gasteiger partial charge in [0, 0.05) is 82.2 Å². The highest BCUT2D eigenvalue weighted by molar-refractivity contribution is 5.87. The van der Waals surface area contributed by atoms with Crippen LogP contribution in [0.3, 0.4) is 0 Å². The number of aromatic nitrogens is 1. The predicted molar refractivity (Wildman–Crippen MR) is 178 cm³/mol. The van der Waals surface area contributed by atoms with Crippen molar-refractivity contribution in [3.05, 3.63) is 47.8 Å². The van der Waals surface area contributed by atoms with E-state index < -0.39 is 72.1 Å². The molecule has 0 radical (unpaired) electrons. The fraction of sp³-hybridized carbons (Fsp3) is 0.694. The number of aromatic amines is 1. The first-order chi connectivity index (χ1) is 23.4. The zero-order valence-electron chi connectivity index (χ0n) is 29.4. The molecule has 1 aromatic heterocycles. The Labute approximate surface area is 288 Å². The zero-order valence-corrected chi connectivity index (χ0v) is 29.4. The lowest BCUT2D eigenvalue weighted by atomic mass is 9.57. The van der Waals surface area contributed by atoms with Crippen molar-refractivity contribution in [2.24, 2.45) is 29.6 Å². The fourth-order valence-electron chi connectivity index (χ4n) is 8.79. The number of aliphatic hydroxyl groups excluding tert-OH is 1. The van der Waals surface area contributed by atoms with Gasteiger partial charge in [-0.15, -0.1) is 0 Å². The van der Waals surface area contributed by atoms with Crippen molar-refractivity contribution in [2.75, 3.05) is 53.4 Å². The second kappa shape index (κ2) is 14.6. The van der Waals surface area contributed by atoms with Crippen molar-refractivity contribution in [1.82, 2.24) is 20.1 Å². The summed E-state index contributed by atoms with van der Waals surface area (Å²) in [5, 5.41) is 14.8. The van der Waals surface area contributed by atoms with Gasteiger partial charge in [-0.1, -0.05) is 32.1 Å². The normalized spacial score (nSPS) is 39.6. The number of aliphatic hydroxyl groups is 1. The van der Waals surface area contributed by atoms with Crippen molar-refractivity contribution in [3.8, 4) is 0 Å². The number of cyclic esters (lactones) is 1. The number of rotatable bonds is 8. The Kier molecular flexibility index (Phi) is 10.6. The summed E-state index contributed by atoms with van der Waals surface area (Å²) < 4.78 is 30.6. The number of H-pyrrole nitrogens is 1. The molecule has 13 nitrogen and oxygen atoms in total. The number of hydrogen-bond donors (Lipinski definition) is 3. The predicted octanol–water partition coefficient (Wildman–Crippen LogP) is 2.38. The Bertz CT molecular complexity index is 1410. The number of alkyl carbamates (subject to hydrolysis) is 1. The van der Waals surface area contributed by atoms with E-state index in [1.54, 1.807) is 25.3 Å². The van der Waals surface area contributed by atoms with E-state index in [0.717, 1.165) is 38.3 Å². The van der Waals surface area contributed by atoms with E-state index in [4.69, 9.17) is 23.7 Å². The minimum absolute atomic E-state index is 0.217. The second-order valence-corrected chi connectivity index (χ2v) is 14.5. The van der Waals surface area contributed by atoms with Crippen molar-refractivity contribution >= 4 is 18.0 Å². The molecule has 5 aliphatic rings. The number of likely N-dealkylation sites (N-methyl/N-ethyl adjacent to an activating group) is 1. The molecule has 3 aliphatic heterocycles. The van der Waals surface area contributed by atoms with Crippen LogP contribution in [0.1, 0.15) is 44.6 Å². The topological polar surface area (TPSA) is 152 Å². The molecule has 1 amide bonds. The molecule has 1 unspecified atom stereocenters. The molecule has 2 aliphatic carbocycles. The summed E-state index contributed by atoms with van der Waals surface area (Å²) >= 11 is 0. The largest absolute Gasteiger partial charge is 0.456 e. The number of carbonyl (C=O) groups excluding carboxylic acids is 3. The summed E-state index contributed by atoms with van der Waals surface area (Å²) in [4.78, 5) is 47.1. The van der Waals surface area contributed by atoms with Gasteiger partial charge in [0.1, 0.15) is 35.7 Å². The molecule has 1 aromatic rings. The number of hydrogen-bond acceptors (Lipinski definition) is 11. The first kappa shape index (κ1) is 35.6. The molecule has 49 heavy (non-hydrogen) atoms. The van der Waals surface area contributed by atoms with Gasteiger partial charge in [0.05, 0.1) is 6.10 Å². The summed E-state index contributed by atoms with van der Waals surface area (Å²) in [5.74, 6) is -2.77. The molecule has 12 atom stereocenters. The van der Waals surface area contributed by atoms with Gasteiger partial charge in [-0.3, -0.25) is 4.90 Å². The average molecular weight is 685 g/mol. The van der Waals surface area contributed by atoms with Crippen LogP contribution in [0.2, 0.25) is 0 Å². The lowest BCUT2D eigenvalue weighted by Crippen LogP contribution is -2.57. The van der Waals surface area contributed by atoms with Crippen molar-refractivity contribution in [3.63, 3.8) is 0 Å². The maximum atomic E-state index is 13.7. The zero-order chi connectivity index (χ0) is 35.0. The summed E-state index contributed by atoms with van der Waals surface area (Å²) in [6, 6.07) is 3.38. The summed E-state index contributed by atoms with van der Waals surface area (Å²) in [5.41, 5.74) is 0.201. The van der Waals surface area contributed by atoms with Crippen LogP contribution in [0.4, 0.5) is 4.79 Å². The number of ether oxygens (including phenoxy) is 5. The maximum Gasteiger partial charge on any atom is 0.407 e. The first-order valence-electron chi connectivity index (χ1n) is 17.6. The van der Waals surface area contributed by atoms with Crippen LogP contribution in [0.15, 0.2) is 42.1 Å². The van der Waals surface area contributed by atoms with Gasteiger partial charge in [0.2, 0.25) is 0 Å². The third-order valence-corrected chi connectivity index (χ3v) is 11.5. The first-order valence-corrected chi connectivity index (χ1v) is 17.6. The Balaban J connectivity index is 1.23. The van der Waals surface area contributed by atoms with E-state index in [1.807, 2.05) is 39.0 Å². The van der Waals surface area contributed by atoms with E-state index in [0.29, 0.717) is 12.2 Å². The Hall–Kier alpha value is -3.23. The van der Waals surface area contributed by atoms with Gasteiger partial charge >= 0.3 is 18.0 Å². The van der Waals surface area contributed by atoms with E-state index in [2.05, 4.69) is 27.1 Å². The maximum absolute atomic E-state index is 13.7. The average Bonchev–Trinajstić information content (AvgIpc) is 3.68. The molecule has 4 bridgehead atoms. The lowest BCUT2D eigenvalue weighted by molar-refractivity contribution is -0.172. The highest BCUT2D eigenvalue weighted by atomic mass is 16.6. The molecule has 13 heteroatoms. The molecule has 3 fully saturated rings. The summed E-state index contributed by atoms with van der Waals surface area (Å²) in [6.45, 7) is 12.6. The highest BCUT2D eigenvalue weighted by Gasteiger charge is 2.69. The molecule has 2 saturated heterocycles. The molecule has 1 spiro atoms. The van der Waals surface area contributed by atoms with Crippen LogP contribution < -0.4 is 5.32 Å². The van der Waals surface area contributed by atoms with E-state index in [-0.39, 0.29) is 24.2 Å². The number of esters is 2. The van der Waals surface area contributed by atoms with Crippen LogP contribution >= 0.6 is 0 Å². The van der Waals surface area contributed by atoms with Crippen LogP contribution in [-0.2, 0) is 28.5 Å². The standard InChI is InChI=1S/C36H52N4O9/c1-20-18-21(2)36-24(9-10-25-28(36)29(41)22(3)31(32(25)49-36)48-33(42)26-8-7-11-37-26)19-27(45-6)34(43)47-30(20)23(4)46-35(44)38-12-13-40-16-14-39(5)15-17-40/h7-11,18,20,22-25,27-32,37,41H,12-17,19H2,1-6H3,(H,38,44)/b21-18+/t20-,22-,23-,24?,25-,27+,28+,29-,30+,31-,32-,36+/m1/s1. The Morgan fingerprint density at radius 2 is 1.96 bits per heavy atom. The number of piperazine rings is 1. The minimum Gasteiger partial charge on any atom is -0.456 e. The number of carbonyl (C=O) groups is 3. The quantitative estimate of drug-likeness (QED) is 0.210.